The van der Waals surface area contributed by atoms with Gasteiger partial charge in [-0.1, -0.05) is 0 Å². The van der Waals surface area contributed by atoms with E-state index < -0.39 is 5.97 Å². The zero-order valence-electron chi connectivity index (χ0n) is 14.2. The second-order valence-corrected chi connectivity index (χ2v) is 6.10. The summed E-state index contributed by atoms with van der Waals surface area (Å²) in [5, 5.41) is 8.64. The molecule has 0 unspecified atom stereocenters. The van der Waals surface area contributed by atoms with Gasteiger partial charge in [0.15, 0.2) is 6.61 Å². The largest absolute Gasteiger partial charge is 0.484 e. The van der Waals surface area contributed by atoms with E-state index in [9.17, 15) is 9.59 Å². The summed E-state index contributed by atoms with van der Waals surface area (Å²) < 4.78 is 10.4. The number of nitrogens with zero attached hydrogens (tertiary/aromatic N) is 1. The molecule has 2 atom stereocenters. The number of carbonyl (C=O) groups is 2. The topological polar surface area (TPSA) is 76.1 Å². The Balaban J connectivity index is 1.87. The van der Waals surface area contributed by atoms with Crippen LogP contribution < -0.4 is 4.74 Å². The third-order valence-corrected chi connectivity index (χ3v) is 4.26. The average Bonchev–Trinajstić information content (AvgIpc) is 2.58. The predicted octanol–water partition coefficient (Wildman–Crippen LogP) is 2.00. The summed E-state index contributed by atoms with van der Waals surface area (Å²) >= 11 is 0. The molecule has 1 aliphatic rings. The van der Waals surface area contributed by atoms with E-state index in [4.69, 9.17) is 14.6 Å². The first kappa shape index (κ1) is 18.3. The Morgan fingerprint density at radius 2 is 1.79 bits per heavy atom. The number of hydrogen-bond donors (Lipinski definition) is 1. The molecule has 2 rings (SSSR count). The summed E-state index contributed by atoms with van der Waals surface area (Å²) in [4.78, 5) is 25.9. The van der Waals surface area contributed by atoms with Crippen LogP contribution in [-0.2, 0) is 9.53 Å². The highest BCUT2D eigenvalue weighted by Crippen LogP contribution is 2.23. The molecule has 6 nitrogen and oxygen atoms in total. The van der Waals surface area contributed by atoms with Crippen LogP contribution in [0.15, 0.2) is 24.3 Å². The number of esters is 1. The van der Waals surface area contributed by atoms with E-state index in [1.807, 2.05) is 4.90 Å². The number of rotatable bonds is 6. The van der Waals surface area contributed by atoms with Gasteiger partial charge in [-0.2, -0.15) is 0 Å². The van der Waals surface area contributed by atoms with E-state index in [-0.39, 0.29) is 37.8 Å². The van der Waals surface area contributed by atoms with Gasteiger partial charge < -0.3 is 19.5 Å². The van der Waals surface area contributed by atoms with Gasteiger partial charge in [0.25, 0.3) is 5.91 Å². The van der Waals surface area contributed by atoms with Gasteiger partial charge in [0.05, 0.1) is 12.2 Å². The number of amides is 1. The van der Waals surface area contributed by atoms with E-state index >= 15 is 0 Å². The molecule has 1 amide bonds. The molecular weight excluding hydrogens is 310 g/mol. The fourth-order valence-corrected chi connectivity index (χ4v) is 3.04. The van der Waals surface area contributed by atoms with Crippen LogP contribution in [0.25, 0.3) is 0 Å². The summed E-state index contributed by atoms with van der Waals surface area (Å²) in [6.45, 7) is 3.89. The summed E-state index contributed by atoms with van der Waals surface area (Å²) in [5.74, 6) is 0.0168. The smallest absolute Gasteiger partial charge is 0.338 e. The Bertz CT molecular complexity index is 547. The van der Waals surface area contributed by atoms with Crippen LogP contribution >= 0.6 is 0 Å². The van der Waals surface area contributed by atoms with Crippen LogP contribution in [-0.4, -0.2) is 53.8 Å². The summed E-state index contributed by atoms with van der Waals surface area (Å²) in [6.07, 6.45) is 3.21. The van der Waals surface area contributed by atoms with Crippen LogP contribution in [0.1, 0.15) is 43.5 Å². The molecule has 1 aromatic rings. The standard InChI is InChI=1S/C18H25NO5/c1-13-4-3-5-14(2)19(13)17(21)12-24-16-8-6-15(7-9-16)18(22)23-11-10-20/h6-9,13-14,20H,3-5,10-12H2,1-2H3/t13-,14-/m1/s1. The minimum Gasteiger partial charge on any atom is -0.484 e. The Labute approximate surface area is 142 Å². The molecule has 1 aromatic carbocycles. The predicted molar refractivity (Wildman–Crippen MR) is 88.9 cm³/mol. The number of piperidine rings is 1. The van der Waals surface area contributed by atoms with Crippen LogP contribution in [0.4, 0.5) is 0 Å². The molecule has 132 valence electrons. The van der Waals surface area contributed by atoms with E-state index in [2.05, 4.69) is 13.8 Å². The molecule has 0 saturated carbocycles. The van der Waals surface area contributed by atoms with Crippen molar-refractivity contribution >= 4 is 11.9 Å². The molecule has 1 saturated heterocycles. The van der Waals surface area contributed by atoms with E-state index in [1.165, 1.54) is 0 Å². The monoisotopic (exact) mass is 335 g/mol. The molecule has 0 radical (unpaired) electrons. The second kappa shape index (κ2) is 8.68. The van der Waals surface area contributed by atoms with E-state index in [1.54, 1.807) is 24.3 Å². The second-order valence-electron chi connectivity index (χ2n) is 6.10. The first-order chi connectivity index (χ1) is 11.5. The fourth-order valence-electron chi connectivity index (χ4n) is 3.04. The number of ether oxygens (including phenoxy) is 2. The molecule has 1 fully saturated rings. The van der Waals surface area contributed by atoms with Gasteiger partial charge in [-0.3, -0.25) is 4.79 Å². The van der Waals surface area contributed by atoms with Crippen molar-refractivity contribution in [2.24, 2.45) is 0 Å². The number of aliphatic hydroxyl groups excluding tert-OH is 1. The van der Waals surface area contributed by atoms with Crippen molar-refractivity contribution in [3.8, 4) is 5.75 Å². The first-order valence-electron chi connectivity index (χ1n) is 8.35. The maximum absolute atomic E-state index is 12.4. The van der Waals surface area contributed by atoms with Crippen molar-refractivity contribution in [3.05, 3.63) is 29.8 Å². The maximum atomic E-state index is 12.4. The van der Waals surface area contributed by atoms with Crippen molar-refractivity contribution in [1.82, 2.24) is 4.90 Å². The Hall–Kier alpha value is -2.08. The summed E-state index contributed by atoms with van der Waals surface area (Å²) in [6, 6.07) is 6.90. The molecule has 24 heavy (non-hydrogen) atoms. The zero-order valence-corrected chi connectivity index (χ0v) is 14.2. The van der Waals surface area contributed by atoms with Gasteiger partial charge in [-0.25, -0.2) is 4.79 Å². The van der Waals surface area contributed by atoms with Crippen molar-refractivity contribution in [2.45, 2.75) is 45.2 Å². The van der Waals surface area contributed by atoms with E-state index in [0.29, 0.717) is 11.3 Å². The SMILES string of the molecule is C[C@@H]1CCC[C@@H](C)N1C(=O)COc1ccc(C(=O)OCCO)cc1. The molecule has 1 heterocycles. The molecule has 0 aliphatic carbocycles. The van der Waals surface area contributed by atoms with Crippen LogP contribution in [0.5, 0.6) is 5.75 Å². The molecule has 6 heteroatoms. The van der Waals surface area contributed by atoms with Crippen molar-refractivity contribution in [3.63, 3.8) is 0 Å². The third kappa shape index (κ3) is 4.71. The van der Waals surface area contributed by atoms with Gasteiger partial charge in [0.1, 0.15) is 12.4 Å². The van der Waals surface area contributed by atoms with Gasteiger partial charge in [-0.15, -0.1) is 0 Å². The number of likely N-dealkylation sites (tertiary alicyclic amines) is 1. The van der Waals surface area contributed by atoms with Crippen molar-refractivity contribution in [2.75, 3.05) is 19.8 Å². The number of benzene rings is 1. The highest BCUT2D eigenvalue weighted by atomic mass is 16.5. The minimum atomic E-state index is -0.498. The van der Waals surface area contributed by atoms with Crippen molar-refractivity contribution in [1.29, 1.82) is 0 Å². The third-order valence-electron chi connectivity index (χ3n) is 4.26. The van der Waals surface area contributed by atoms with Gasteiger partial charge >= 0.3 is 5.97 Å². The molecule has 0 bridgehead atoms. The number of aliphatic hydroxyl groups is 1. The number of hydrogen-bond acceptors (Lipinski definition) is 5. The van der Waals surface area contributed by atoms with E-state index in [0.717, 1.165) is 19.3 Å². The minimum absolute atomic E-state index is 0.0109. The van der Waals surface area contributed by atoms with Crippen LogP contribution in [0.3, 0.4) is 0 Å². The number of carbonyl (C=O) groups excluding carboxylic acids is 2. The normalized spacial score (nSPS) is 20.5. The van der Waals surface area contributed by atoms with Crippen molar-refractivity contribution < 1.29 is 24.2 Å². The molecular formula is C18H25NO5. The Morgan fingerprint density at radius 1 is 1.17 bits per heavy atom. The highest BCUT2D eigenvalue weighted by Gasteiger charge is 2.28. The lowest BCUT2D eigenvalue weighted by Crippen LogP contribution is -2.49. The highest BCUT2D eigenvalue weighted by molar-refractivity contribution is 5.89. The fraction of sp³-hybridized carbons (Fsp3) is 0.556. The van der Waals surface area contributed by atoms with Crippen LogP contribution in [0.2, 0.25) is 0 Å². The first-order valence-corrected chi connectivity index (χ1v) is 8.35. The molecule has 0 spiro atoms. The zero-order chi connectivity index (χ0) is 17.5. The summed E-state index contributed by atoms with van der Waals surface area (Å²) in [7, 11) is 0. The average molecular weight is 335 g/mol. The van der Waals surface area contributed by atoms with Gasteiger partial charge in [-0.05, 0) is 57.4 Å². The summed E-state index contributed by atoms with van der Waals surface area (Å²) in [5.41, 5.74) is 0.375. The molecule has 1 N–H and O–H groups in total. The lowest BCUT2D eigenvalue weighted by molar-refractivity contribution is -0.139. The maximum Gasteiger partial charge on any atom is 0.338 e. The lowest BCUT2D eigenvalue weighted by Gasteiger charge is -2.38. The molecule has 1 aliphatic heterocycles. The van der Waals surface area contributed by atoms with Crippen LogP contribution in [0, 0.1) is 0 Å². The van der Waals surface area contributed by atoms with Gasteiger partial charge in [0, 0.05) is 12.1 Å². The van der Waals surface area contributed by atoms with Gasteiger partial charge in [0.2, 0.25) is 0 Å². The quantitative estimate of drug-likeness (QED) is 0.805. The lowest BCUT2D eigenvalue weighted by atomic mass is 9.97. The Kier molecular flexibility index (Phi) is 6.61. The molecule has 0 aromatic heterocycles. The Morgan fingerprint density at radius 3 is 2.38 bits per heavy atom.